The molecular weight excluding hydrogens is 164 g/mol. The molecule has 0 unspecified atom stereocenters. The van der Waals surface area contributed by atoms with Crippen LogP contribution >= 0.6 is 11.6 Å². The highest BCUT2D eigenvalue weighted by atomic mass is 35.5. The molecule has 0 amide bonds. The lowest BCUT2D eigenvalue weighted by Crippen LogP contribution is -2.14. The minimum atomic E-state index is -0.201. The molecule has 0 saturated carbocycles. The van der Waals surface area contributed by atoms with Crippen LogP contribution in [0.25, 0.3) is 0 Å². The molecule has 1 heterocycles. The summed E-state index contributed by atoms with van der Waals surface area (Å²) in [5, 5.41) is 0.310. The fraction of sp³-hybridized carbons (Fsp3) is 0.143. The molecule has 3 nitrogen and oxygen atoms in total. The van der Waals surface area contributed by atoms with Crippen molar-refractivity contribution < 1.29 is 4.79 Å². The smallest absolute Gasteiger partial charge is 0.194 e. The van der Waals surface area contributed by atoms with Crippen LogP contribution in [0.4, 0.5) is 0 Å². The van der Waals surface area contributed by atoms with Crippen molar-refractivity contribution in [2.45, 2.75) is 0 Å². The summed E-state index contributed by atoms with van der Waals surface area (Å²) in [5.41, 5.74) is 5.44. The molecule has 0 saturated heterocycles. The Labute approximate surface area is 69.2 Å². The molecule has 11 heavy (non-hydrogen) atoms. The van der Waals surface area contributed by atoms with Gasteiger partial charge >= 0.3 is 0 Å². The number of rotatable bonds is 2. The van der Waals surface area contributed by atoms with Gasteiger partial charge in [-0.2, -0.15) is 0 Å². The summed E-state index contributed by atoms with van der Waals surface area (Å²) in [7, 11) is 0. The number of pyridine rings is 1. The molecule has 4 heteroatoms. The summed E-state index contributed by atoms with van der Waals surface area (Å²) >= 11 is 5.54. The average Bonchev–Trinajstić information content (AvgIpc) is 2.03. The van der Waals surface area contributed by atoms with Gasteiger partial charge in [0.1, 0.15) is 10.8 Å². The summed E-state index contributed by atoms with van der Waals surface area (Å²) in [6.07, 6.45) is 0. The summed E-state index contributed by atoms with van der Waals surface area (Å²) in [6.45, 7) is -0.0344. The fourth-order valence-electron chi connectivity index (χ4n) is 0.668. The largest absolute Gasteiger partial charge is 0.324 e. The third-order valence-corrected chi connectivity index (χ3v) is 1.40. The van der Waals surface area contributed by atoms with E-state index in [0.29, 0.717) is 10.8 Å². The van der Waals surface area contributed by atoms with Crippen LogP contribution in [0.3, 0.4) is 0 Å². The highest BCUT2D eigenvalue weighted by Crippen LogP contribution is 2.04. The van der Waals surface area contributed by atoms with E-state index in [0.717, 1.165) is 0 Å². The van der Waals surface area contributed by atoms with E-state index in [-0.39, 0.29) is 12.3 Å². The average molecular weight is 171 g/mol. The number of carbonyl (C=O) groups excluding carboxylic acids is 1. The minimum absolute atomic E-state index is 0.0344. The van der Waals surface area contributed by atoms with Gasteiger partial charge in [0.25, 0.3) is 0 Å². The Hall–Kier alpha value is -0.930. The molecule has 2 N–H and O–H groups in total. The van der Waals surface area contributed by atoms with Gasteiger partial charge in [0.05, 0.1) is 6.54 Å². The van der Waals surface area contributed by atoms with E-state index in [2.05, 4.69) is 4.98 Å². The molecule has 0 bridgehead atoms. The molecule has 0 aliphatic carbocycles. The van der Waals surface area contributed by atoms with Crippen molar-refractivity contribution in [3.63, 3.8) is 0 Å². The third-order valence-electron chi connectivity index (χ3n) is 1.19. The van der Waals surface area contributed by atoms with E-state index in [9.17, 15) is 4.79 Å². The van der Waals surface area contributed by atoms with Crippen LogP contribution in [-0.4, -0.2) is 17.3 Å². The van der Waals surface area contributed by atoms with Gasteiger partial charge < -0.3 is 5.73 Å². The molecule has 0 spiro atoms. The van der Waals surface area contributed by atoms with Crippen LogP contribution in [0.5, 0.6) is 0 Å². The summed E-state index contributed by atoms with van der Waals surface area (Å²) in [5.74, 6) is -0.201. The van der Waals surface area contributed by atoms with Crippen molar-refractivity contribution in [1.29, 1.82) is 0 Å². The number of aromatic nitrogens is 1. The van der Waals surface area contributed by atoms with E-state index in [4.69, 9.17) is 17.3 Å². The second-order valence-corrected chi connectivity index (χ2v) is 2.36. The lowest BCUT2D eigenvalue weighted by Gasteiger charge is -1.95. The Bertz CT molecular complexity index is 275. The highest BCUT2D eigenvalue weighted by molar-refractivity contribution is 6.29. The first-order chi connectivity index (χ1) is 5.24. The van der Waals surface area contributed by atoms with Gasteiger partial charge in [-0.05, 0) is 12.1 Å². The quantitative estimate of drug-likeness (QED) is 0.530. The van der Waals surface area contributed by atoms with Gasteiger partial charge in [-0.1, -0.05) is 17.7 Å². The van der Waals surface area contributed by atoms with E-state index >= 15 is 0 Å². The van der Waals surface area contributed by atoms with Crippen LogP contribution in [-0.2, 0) is 0 Å². The molecular formula is C7H7ClN2O. The van der Waals surface area contributed by atoms with Crippen molar-refractivity contribution in [1.82, 2.24) is 4.98 Å². The second kappa shape index (κ2) is 3.46. The Morgan fingerprint density at radius 1 is 1.64 bits per heavy atom. The summed E-state index contributed by atoms with van der Waals surface area (Å²) in [4.78, 5) is 14.7. The second-order valence-electron chi connectivity index (χ2n) is 1.97. The standard InChI is InChI=1S/C7H7ClN2O/c8-7-3-1-2-5(10-7)6(11)4-9/h1-3H,4,9H2. The number of carbonyl (C=O) groups is 1. The van der Waals surface area contributed by atoms with Crippen molar-refractivity contribution >= 4 is 17.4 Å². The Balaban J connectivity index is 2.96. The summed E-state index contributed by atoms with van der Waals surface area (Å²) < 4.78 is 0. The highest BCUT2D eigenvalue weighted by Gasteiger charge is 2.03. The van der Waals surface area contributed by atoms with Gasteiger partial charge in [-0.15, -0.1) is 0 Å². The number of ketones is 1. The number of halogens is 1. The maximum Gasteiger partial charge on any atom is 0.194 e. The minimum Gasteiger partial charge on any atom is -0.324 e. The third kappa shape index (κ3) is 2.00. The normalized spacial score (nSPS) is 9.64. The van der Waals surface area contributed by atoms with E-state index in [1.807, 2.05) is 0 Å². The number of hydrogen-bond acceptors (Lipinski definition) is 3. The first kappa shape index (κ1) is 8.17. The van der Waals surface area contributed by atoms with Crippen LogP contribution in [0, 0.1) is 0 Å². The maximum atomic E-state index is 10.9. The Morgan fingerprint density at radius 3 is 2.91 bits per heavy atom. The number of Topliss-reactive ketones (excluding diaryl/α,β-unsaturated/α-hetero) is 1. The van der Waals surface area contributed by atoms with Crippen LogP contribution in [0.2, 0.25) is 5.15 Å². The van der Waals surface area contributed by atoms with Crippen molar-refractivity contribution in [2.24, 2.45) is 5.73 Å². The molecule has 0 aromatic carbocycles. The number of nitrogens with two attached hydrogens (primary N) is 1. The number of hydrogen-bond donors (Lipinski definition) is 1. The zero-order chi connectivity index (χ0) is 8.27. The van der Waals surface area contributed by atoms with Gasteiger partial charge in [0.15, 0.2) is 5.78 Å². The Kier molecular flexibility index (Phi) is 2.57. The van der Waals surface area contributed by atoms with Crippen molar-refractivity contribution in [2.75, 3.05) is 6.54 Å². The first-order valence-corrected chi connectivity index (χ1v) is 3.47. The molecule has 0 radical (unpaired) electrons. The topological polar surface area (TPSA) is 56.0 Å². The fourth-order valence-corrected chi connectivity index (χ4v) is 0.832. The predicted octanol–water partition coefficient (Wildman–Crippen LogP) is 0.876. The van der Waals surface area contributed by atoms with Crippen LogP contribution in [0.15, 0.2) is 18.2 Å². The first-order valence-electron chi connectivity index (χ1n) is 3.10. The van der Waals surface area contributed by atoms with E-state index < -0.39 is 0 Å². The molecule has 1 aromatic heterocycles. The molecule has 1 aromatic rings. The summed E-state index contributed by atoms with van der Waals surface area (Å²) in [6, 6.07) is 4.86. The van der Waals surface area contributed by atoms with E-state index in [1.165, 1.54) is 0 Å². The molecule has 0 aliphatic rings. The molecule has 0 atom stereocenters. The molecule has 1 rings (SSSR count). The SMILES string of the molecule is NCC(=O)c1cccc(Cl)n1. The Morgan fingerprint density at radius 2 is 2.36 bits per heavy atom. The molecule has 58 valence electrons. The van der Waals surface area contributed by atoms with Gasteiger partial charge in [0.2, 0.25) is 0 Å². The van der Waals surface area contributed by atoms with Crippen LogP contribution in [0.1, 0.15) is 10.5 Å². The van der Waals surface area contributed by atoms with E-state index in [1.54, 1.807) is 18.2 Å². The van der Waals surface area contributed by atoms with Crippen LogP contribution < -0.4 is 5.73 Å². The van der Waals surface area contributed by atoms with Crippen molar-refractivity contribution in [3.05, 3.63) is 29.0 Å². The lowest BCUT2D eigenvalue weighted by molar-refractivity contribution is 0.0996. The maximum absolute atomic E-state index is 10.9. The van der Waals surface area contributed by atoms with Gasteiger partial charge in [-0.3, -0.25) is 4.79 Å². The lowest BCUT2D eigenvalue weighted by atomic mass is 10.2. The molecule has 0 fully saturated rings. The number of nitrogens with zero attached hydrogens (tertiary/aromatic N) is 1. The zero-order valence-corrected chi connectivity index (χ0v) is 6.51. The van der Waals surface area contributed by atoms with Gasteiger partial charge in [0, 0.05) is 0 Å². The molecule has 0 aliphatic heterocycles. The zero-order valence-electron chi connectivity index (χ0n) is 5.75. The van der Waals surface area contributed by atoms with Crippen molar-refractivity contribution in [3.8, 4) is 0 Å². The van der Waals surface area contributed by atoms with Gasteiger partial charge in [-0.25, -0.2) is 4.98 Å². The monoisotopic (exact) mass is 170 g/mol. The predicted molar refractivity (Wildman–Crippen MR) is 42.6 cm³/mol.